The van der Waals surface area contributed by atoms with E-state index in [0.717, 1.165) is 11.2 Å². The molecular weight excluding hydrogens is 200 g/mol. The first-order chi connectivity index (χ1) is 5.08. The first-order valence-electron chi connectivity index (χ1n) is 4.29. The zero-order valence-electron chi connectivity index (χ0n) is 7.49. The van der Waals surface area contributed by atoms with Crippen LogP contribution in [0, 0.1) is 11.3 Å². The van der Waals surface area contributed by atoms with Crippen molar-refractivity contribution in [3.63, 3.8) is 0 Å². The molecular formula is C10H17Br. The highest BCUT2D eigenvalue weighted by atomic mass is 79.9. The molecule has 1 rings (SSSR count). The fraction of sp³-hybridized carbons (Fsp3) is 0.800. The fourth-order valence-electron chi connectivity index (χ4n) is 1.77. The number of rotatable bonds is 4. The van der Waals surface area contributed by atoms with Gasteiger partial charge in [-0.15, -0.1) is 6.58 Å². The van der Waals surface area contributed by atoms with Gasteiger partial charge in [-0.3, -0.25) is 0 Å². The number of halogens is 1. The summed E-state index contributed by atoms with van der Waals surface area (Å²) < 4.78 is 0. The van der Waals surface area contributed by atoms with Crippen LogP contribution in [0.2, 0.25) is 0 Å². The number of alkyl halides is 1. The van der Waals surface area contributed by atoms with Crippen LogP contribution in [0.25, 0.3) is 0 Å². The van der Waals surface area contributed by atoms with Gasteiger partial charge in [0.25, 0.3) is 0 Å². The van der Waals surface area contributed by atoms with Crippen molar-refractivity contribution in [3.8, 4) is 0 Å². The van der Waals surface area contributed by atoms with E-state index in [1.54, 1.807) is 0 Å². The van der Waals surface area contributed by atoms with Crippen molar-refractivity contribution in [1.29, 1.82) is 0 Å². The summed E-state index contributed by atoms with van der Waals surface area (Å²) in [6.07, 6.45) is 4.04. The molecule has 1 aliphatic rings. The van der Waals surface area contributed by atoms with Gasteiger partial charge >= 0.3 is 0 Å². The number of hydrogen-bond acceptors (Lipinski definition) is 0. The molecule has 0 N–H and O–H groups in total. The molecule has 1 fully saturated rings. The van der Waals surface area contributed by atoms with Crippen LogP contribution >= 0.6 is 15.9 Å². The molecule has 0 heterocycles. The van der Waals surface area contributed by atoms with Gasteiger partial charge < -0.3 is 0 Å². The van der Waals surface area contributed by atoms with Crippen LogP contribution in [0.3, 0.4) is 0 Å². The molecule has 0 aliphatic heterocycles. The van der Waals surface area contributed by atoms with Gasteiger partial charge in [0.05, 0.1) is 0 Å². The van der Waals surface area contributed by atoms with Crippen molar-refractivity contribution in [2.45, 2.75) is 33.1 Å². The molecule has 0 bridgehead atoms. The van der Waals surface area contributed by atoms with E-state index in [0.29, 0.717) is 5.41 Å². The van der Waals surface area contributed by atoms with Crippen LogP contribution in [0.15, 0.2) is 12.2 Å². The Bertz CT molecular complexity index is 158. The summed E-state index contributed by atoms with van der Waals surface area (Å²) in [5.74, 6) is 0.957. The van der Waals surface area contributed by atoms with E-state index in [1.807, 2.05) is 0 Å². The summed E-state index contributed by atoms with van der Waals surface area (Å²) in [6, 6.07) is 0. The normalized spacial score (nSPS) is 22.8. The Morgan fingerprint density at radius 3 is 2.45 bits per heavy atom. The van der Waals surface area contributed by atoms with Gasteiger partial charge in [0, 0.05) is 5.33 Å². The Morgan fingerprint density at radius 2 is 2.18 bits per heavy atom. The van der Waals surface area contributed by atoms with Crippen LogP contribution in [0.1, 0.15) is 33.1 Å². The van der Waals surface area contributed by atoms with Crippen molar-refractivity contribution in [1.82, 2.24) is 0 Å². The minimum Gasteiger partial charge on any atom is -0.100 e. The molecule has 11 heavy (non-hydrogen) atoms. The fourth-order valence-corrected chi connectivity index (χ4v) is 2.43. The molecule has 0 spiro atoms. The smallest absolute Gasteiger partial charge is 0.00910 e. The molecule has 0 amide bonds. The molecule has 1 aliphatic carbocycles. The molecule has 0 aromatic rings. The first-order valence-corrected chi connectivity index (χ1v) is 5.41. The van der Waals surface area contributed by atoms with Crippen LogP contribution in [0.4, 0.5) is 0 Å². The Labute approximate surface area is 78.2 Å². The largest absolute Gasteiger partial charge is 0.100 e. The van der Waals surface area contributed by atoms with Gasteiger partial charge in [0.15, 0.2) is 0 Å². The SMILES string of the molecule is C=C(C)CC(C)(CBr)C1CC1. The number of allylic oxidation sites excluding steroid dienone is 1. The Balaban J connectivity index is 2.51. The number of hydrogen-bond donors (Lipinski definition) is 0. The summed E-state index contributed by atoms with van der Waals surface area (Å²) in [5.41, 5.74) is 1.81. The van der Waals surface area contributed by atoms with Crippen LogP contribution in [-0.2, 0) is 0 Å². The monoisotopic (exact) mass is 216 g/mol. The van der Waals surface area contributed by atoms with E-state index in [9.17, 15) is 0 Å². The topological polar surface area (TPSA) is 0 Å². The molecule has 1 heteroatoms. The summed E-state index contributed by atoms with van der Waals surface area (Å²) in [5, 5.41) is 1.12. The second kappa shape index (κ2) is 3.30. The second-order valence-electron chi connectivity index (χ2n) is 4.20. The van der Waals surface area contributed by atoms with Gasteiger partial charge in [-0.05, 0) is 37.5 Å². The molecule has 1 saturated carbocycles. The quantitative estimate of drug-likeness (QED) is 0.496. The lowest BCUT2D eigenvalue weighted by molar-refractivity contribution is 0.318. The van der Waals surface area contributed by atoms with Crippen molar-refractivity contribution in [2.75, 3.05) is 5.33 Å². The summed E-state index contributed by atoms with van der Waals surface area (Å²) in [6.45, 7) is 8.47. The minimum atomic E-state index is 0.492. The Kier molecular flexibility index (Phi) is 2.79. The maximum absolute atomic E-state index is 3.98. The molecule has 0 nitrogen and oxygen atoms in total. The summed E-state index contributed by atoms with van der Waals surface area (Å²) in [4.78, 5) is 0. The minimum absolute atomic E-state index is 0.492. The van der Waals surface area contributed by atoms with E-state index < -0.39 is 0 Å². The molecule has 1 atom stereocenters. The Morgan fingerprint density at radius 1 is 1.64 bits per heavy atom. The lowest BCUT2D eigenvalue weighted by atomic mass is 9.81. The highest BCUT2D eigenvalue weighted by Gasteiger charge is 2.40. The van der Waals surface area contributed by atoms with Gasteiger partial charge in [-0.25, -0.2) is 0 Å². The average Bonchev–Trinajstić information content (AvgIpc) is 2.66. The summed E-state index contributed by atoms with van der Waals surface area (Å²) >= 11 is 3.60. The lowest BCUT2D eigenvalue weighted by Crippen LogP contribution is -2.21. The second-order valence-corrected chi connectivity index (χ2v) is 4.76. The van der Waals surface area contributed by atoms with Crippen molar-refractivity contribution in [3.05, 3.63) is 12.2 Å². The lowest BCUT2D eigenvalue weighted by Gasteiger charge is -2.27. The predicted octanol–water partition coefficient (Wildman–Crippen LogP) is 3.76. The van der Waals surface area contributed by atoms with Crippen molar-refractivity contribution >= 4 is 15.9 Å². The zero-order valence-corrected chi connectivity index (χ0v) is 9.08. The van der Waals surface area contributed by atoms with E-state index in [2.05, 4.69) is 36.4 Å². The highest BCUT2D eigenvalue weighted by Crippen LogP contribution is 2.49. The van der Waals surface area contributed by atoms with Crippen LogP contribution in [0.5, 0.6) is 0 Å². The van der Waals surface area contributed by atoms with E-state index in [1.165, 1.54) is 24.8 Å². The average molecular weight is 217 g/mol. The van der Waals surface area contributed by atoms with Gasteiger partial charge in [0.1, 0.15) is 0 Å². The van der Waals surface area contributed by atoms with Crippen molar-refractivity contribution < 1.29 is 0 Å². The van der Waals surface area contributed by atoms with Gasteiger partial charge in [-0.1, -0.05) is 28.4 Å². The highest BCUT2D eigenvalue weighted by molar-refractivity contribution is 9.09. The molecule has 0 saturated heterocycles. The maximum Gasteiger partial charge on any atom is 0.00910 e. The summed E-state index contributed by atoms with van der Waals surface area (Å²) in [7, 11) is 0. The van der Waals surface area contributed by atoms with E-state index in [4.69, 9.17) is 0 Å². The third-order valence-corrected chi connectivity index (χ3v) is 3.85. The maximum atomic E-state index is 3.98. The van der Waals surface area contributed by atoms with E-state index in [-0.39, 0.29) is 0 Å². The van der Waals surface area contributed by atoms with Crippen LogP contribution in [-0.4, -0.2) is 5.33 Å². The molecule has 0 radical (unpaired) electrons. The van der Waals surface area contributed by atoms with Crippen molar-refractivity contribution in [2.24, 2.45) is 11.3 Å². The Hall–Kier alpha value is 0.220. The van der Waals surface area contributed by atoms with Gasteiger partial charge in [-0.2, -0.15) is 0 Å². The molecule has 64 valence electrons. The zero-order chi connectivity index (χ0) is 8.48. The van der Waals surface area contributed by atoms with Gasteiger partial charge in [0.2, 0.25) is 0 Å². The first kappa shape index (κ1) is 9.31. The standard InChI is InChI=1S/C10H17Br/c1-8(2)6-10(3,7-11)9-4-5-9/h9H,1,4-7H2,2-3H3. The molecule has 0 aromatic heterocycles. The predicted molar refractivity (Wildman–Crippen MR) is 54.1 cm³/mol. The third-order valence-electron chi connectivity index (χ3n) is 2.57. The molecule has 1 unspecified atom stereocenters. The third kappa shape index (κ3) is 2.33. The van der Waals surface area contributed by atoms with Crippen LogP contribution < -0.4 is 0 Å². The van der Waals surface area contributed by atoms with E-state index >= 15 is 0 Å². The molecule has 0 aromatic carbocycles.